The van der Waals surface area contributed by atoms with E-state index in [0.29, 0.717) is 0 Å². The zero-order valence-corrected chi connectivity index (χ0v) is 14.3. The van der Waals surface area contributed by atoms with Gasteiger partial charge in [-0.25, -0.2) is 9.86 Å². The van der Waals surface area contributed by atoms with Gasteiger partial charge in [0, 0.05) is 7.05 Å². The smallest absolute Gasteiger partial charge is 0.407 e. The van der Waals surface area contributed by atoms with Gasteiger partial charge in [0.1, 0.15) is 6.61 Å². The van der Waals surface area contributed by atoms with Crippen molar-refractivity contribution in [2.45, 2.75) is 19.1 Å². The van der Waals surface area contributed by atoms with E-state index in [9.17, 15) is 9.59 Å². The molecule has 1 N–H and O–H groups in total. The molecule has 2 amide bonds. The van der Waals surface area contributed by atoms with Crippen molar-refractivity contribution in [1.82, 2.24) is 10.4 Å². The predicted octanol–water partition coefficient (Wildman–Crippen LogP) is 3.06. The summed E-state index contributed by atoms with van der Waals surface area (Å²) in [5, 5.41) is 3.88. The number of alkyl carbamates (subject to hydrolysis) is 1. The molecule has 25 heavy (non-hydrogen) atoms. The van der Waals surface area contributed by atoms with E-state index in [1.807, 2.05) is 60.7 Å². The van der Waals surface area contributed by atoms with Crippen molar-refractivity contribution in [3.8, 4) is 0 Å². The Morgan fingerprint density at radius 2 is 1.64 bits per heavy atom. The van der Waals surface area contributed by atoms with E-state index >= 15 is 0 Å². The highest BCUT2D eigenvalue weighted by atomic mass is 16.7. The molecule has 1 unspecified atom stereocenters. The van der Waals surface area contributed by atoms with E-state index < -0.39 is 12.1 Å². The Morgan fingerprint density at radius 3 is 2.24 bits per heavy atom. The maximum absolute atomic E-state index is 12.1. The molecule has 2 aromatic carbocycles. The number of hydrogen-bond donors (Lipinski definition) is 1. The van der Waals surface area contributed by atoms with Crippen LogP contribution in [-0.4, -0.2) is 31.2 Å². The molecule has 6 heteroatoms. The predicted molar refractivity (Wildman–Crippen MR) is 93.3 cm³/mol. The van der Waals surface area contributed by atoms with Crippen LogP contribution >= 0.6 is 0 Å². The highest BCUT2D eigenvalue weighted by Crippen LogP contribution is 2.18. The summed E-state index contributed by atoms with van der Waals surface area (Å²) < 4.78 is 5.24. The Morgan fingerprint density at radius 1 is 1.04 bits per heavy atom. The van der Waals surface area contributed by atoms with E-state index in [1.165, 1.54) is 14.2 Å². The first-order chi connectivity index (χ1) is 12.1. The number of nitrogens with zero attached hydrogens (tertiary/aromatic N) is 1. The Kier molecular flexibility index (Phi) is 6.98. The molecule has 6 nitrogen and oxygen atoms in total. The first-order valence-corrected chi connectivity index (χ1v) is 7.93. The molecule has 0 heterocycles. The number of carbonyl (C=O) groups is 2. The average molecular weight is 342 g/mol. The standard InChI is InChI=1S/C19H22N2O4/c1-21(24-2)18(22)13-17(16-11-7-4-8-12-16)20-19(23)25-14-15-9-5-3-6-10-15/h3-12,17H,13-14H2,1-2H3,(H,20,23). The Bertz CT molecular complexity index is 676. The normalized spacial score (nSPS) is 11.4. The molecule has 0 aromatic heterocycles. The van der Waals surface area contributed by atoms with Crippen LogP contribution in [0, 0.1) is 0 Å². The zero-order chi connectivity index (χ0) is 18.1. The molecule has 0 fully saturated rings. The van der Waals surface area contributed by atoms with Crippen LogP contribution in [0.5, 0.6) is 0 Å². The van der Waals surface area contributed by atoms with Crippen LogP contribution in [0.15, 0.2) is 60.7 Å². The number of ether oxygens (including phenoxy) is 1. The molecule has 0 bridgehead atoms. The maximum atomic E-state index is 12.1. The van der Waals surface area contributed by atoms with Crippen molar-refractivity contribution in [1.29, 1.82) is 0 Å². The quantitative estimate of drug-likeness (QED) is 0.785. The first kappa shape index (κ1) is 18.5. The molecule has 0 aliphatic heterocycles. The number of amides is 2. The van der Waals surface area contributed by atoms with E-state index in [1.54, 1.807) is 0 Å². The van der Waals surface area contributed by atoms with Crippen LogP contribution in [0.1, 0.15) is 23.6 Å². The van der Waals surface area contributed by atoms with Crippen molar-refractivity contribution in [3.05, 3.63) is 71.8 Å². The lowest BCUT2D eigenvalue weighted by Gasteiger charge is -2.21. The number of nitrogens with one attached hydrogen (secondary N) is 1. The van der Waals surface area contributed by atoms with Crippen LogP contribution < -0.4 is 5.32 Å². The van der Waals surface area contributed by atoms with Gasteiger partial charge in [-0.3, -0.25) is 9.63 Å². The second kappa shape index (κ2) is 9.44. The molecule has 0 saturated carbocycles. The minimum Gasteiger partial charge on any atom is -0.445 e. The molecule has 0 aliphatic rings. The average Bonchev–Trinajstić information content (AvgIpc) is 2.66. The number of carbonyl (C=O) groups excluding carboxylic acids is 2. The molecule has 2 aromatic rings. The molecule has 2 rings (SSSR count). The first-order valence-electron chi connectivity index (χ1n) is 7.93. The van der Waals surface area contributed by atoms with Gasteiger partial charge in [-0.05, 0) is 11.1 Å². The van der Waals surface area contributed by atoms with E-state index in [2.05, 4.69) is 5.32 Å². The summed E-state index contributed by atoms with van der Waals surface area (Å²) >= 11 is 0. The van der Waals surface area contributed by atoms with Crippen LogP contribution in [0.25, 0.3) is 0 Å². The zero-order valence-electron chi connectivity index (χ0n) is 14.3. The van der Waals surface area contributed by atoms with Gasteiger partial charge in [-0.2, -0.15) is 0 Å². The largest absolute Gasteiger partial charge is 0.445 e. The van der Waals surface area contributed by atoms with Gasteiger partial charge in [-0.15, -0.1) is 0 Å². The van der Waals surface area contributed by atoms with Crippen molar-refractivity contribution in [3.63, 3.8) is 0 Å². The molecule has 0 spiro atoms. The van der Waals surface area contributed by atoms with Crippen LogP contribution in [0.4, 0.5) is 4.79 Å². The number of hydrogen-bond acceptors (Lipinski definition) is 4. The van der Waals surface area contributed by atoms with Crippen LogP contribution in [0.2, 0.25) is 0 Å². The maximum Gasteiger partial charge on any atom is 0.407 e. The van der Waals surface area contributed by atoms with Gasteiger partial charge in [0.2, 0.25) is 5.91 Å². The highest BCUT2D eigenvalue weighted by molar-refractivity contribution is 5.77. The topological polar surface area (TPSA) is 67.9 Å². The summed E-state index contributed by atoms with van der Waals surface area (Å²) in [6, 6.07) is 18.2. The summed E-state index contributed by atoms with van der Waals surface area (Å²) in [4.78, 5) is 29.2. The van der Waals surface area contributed by atoms with Gasteiger partial charge in [0.25, 0.3) is 0 Å². The van der Waals surface area contributed by atoms with E-state index in [-0.39, 0.29) is 18.9 Å². The highest BCUT2D eigenvalue weighted by Gasteiger charge is 2.21. The fraction of sp³-hybridized carbons (Fsp3) is 0.263. The SMILES string of the molecule is CON(C)C(=O)CC(NC(=O)OCc1ccccc1)c1ccccc1. The van der Waals surface area contributed by atoms with Crippen LogP contribution in [-0.2, 0) is 21.0 Å². The molecule has 0 radical (unpaired) electrons. The molecular formula is C19H22N2O4. The number of hydroxylamine groups is 2. The van der Waals surface area contributed by atoms with Gasteiger partial charge in [-0.1, -0.05) is 60.7 Å². The van der Waals surface area contributed by atoms with E-state index in [4.69, 9.17) is 9.57 Å². The Balaban J connectivity index is 2.00. The Labute approximate surface area is 147 Å². The summed E-state index contributed by atoms with van der Waals surface area (Å²) in [6.07, 6.45) is -0.514. The lowest BCUT2D eigenvalue weighted by molar-refractivity contribution is -0.169. The van der Waals surface area contributed by atoms with Crippen molar-refractivity contribution in [2.75, 3.05) is 14.2 Å². The fourth-order valence-electron chi connectivity index (χ4n) is 2.25. The summed E-state index contributed by atoms with van der Waals surface area (Å²) in [5.74, 6) is -0.250. The van der Waals surface area contributed by atoms with Gasteiger partial charge in [0.15, 0.2) is 0 Å². The Hall–Kier alpha value is -2.86. The number of rotatable bonds is 7. The molecular weight excluding hydrogens is 320 g/mol. The van der Waals surface area contributed by atoms with Gasteiger partial charge < -0.3 is 10.1 Å². The minimum absolute atomic E-state index is 0.0643. The van der Waals surface area contributed by atoms with Crippen molar-refractivity contribution < 1.29 is 19.2 Å². The van der Waals surface area contributed by atoms with Crippen molar-refractivity contribution >= 4 is 12.0 Å². The molecule has 132 valence electrons. The lowest BCUT2D eigenvalue weighted by atomic mass is 10.0. The monoisotopic (exact) mass is 342 g/mol. The third-order valence-electron chi connectivity index (χ3n) is 3.71. The summed E-state index contributed by atoms with van der Waals surface area (Å²) in [5.41, 5.74) is 1.71. The van der Waals surface area contributed by atoms with Gasteiger partial charge in [0.05, 0.1) is 19.6 Å². The summed E-state index contributed by atoms with van der Waals surface area (Å²) in [6.45, 7) is 0.167. The van der Waals surface area contributed by atoms with Gasteiger partial charge >= 0.3 is 6.09 Å². The molecule has 0 aliphatic carbocycles. The summed E-state index contributed by atoms with van der Waals surface area (Å²) in [7, 11) is 2.94. The minimum atomic E-state index is -0.578. The lowest BCUT2D eigenvalue weighted by Crippen LogP contribution is -2.34. The molecule has 0 saturated heterocycles. The molecule has 1 atom stereocenters. The third kappa shape index (κ3) is 5.93. The third-order valence-corrected chi connectivity index (χ3v) is 3.71. The van der Waals surface area contributed by atoms with Crippen LogP contribution in [0.3, 0.4) is 0 Å². The van der Waals surface area contributed by atoms with E-state index in [0.717, 1.165) is 16.2 Å². The van der Waals surface area contributed by atoms with Crippen molar-refractivity contribution in [2.24, 2.45) is 0 Å². The number of benzene rings is 2. The second-order valence-corrected chi connectivity index (χ2v) is 5.45. The fourth-order valence-corrected chi connectivity index (χ4v) is 2.25. The second-order valence-electron chi connectivity index (χ2n) is 5.45.